The first-order valence-electron chi connectivity index (χ1n) is 4.94. The van der Waals surface area contributed by atoms with Crippen molar-refractivity contribution in [2.24, 2.45) is 0 Å². The fourth-order valence-corrected chi connectivity index (χ4v) is 2.77. The Balaban J connectivity index is 2.51. The molecule has 0 amide bonds. The average Bonchev–Trinajstić information content (AvgIpc) is 2.30. The molecule has 0 aliphatic carbocycles. The molecule has 18 heavy (non-hydrogen) atoms. The SMILES string of the molecule is O=C(c1cc(Cl)cc(Br)c1)c1cccc(Cl)c1Cl. The normalized spacial score (nSPS) is 10.4. The number of ketones is 1. The summed E-state index contributed by atoms with van der Waals surface area (Å²) in [6.45, 7) is 0. The number of carbonyl (C=O) groups excluding carboxylic acids is 1. The maximum absolute atomic E-state index is 12.3. The summed E-state index contributed by atoms with van der Waals surface area (Å²) in [7, 11) is 0. The Morgan fingerprint density at radius 3 is 2.44 bits per heavy atom. The molecule has 2 aromatic rings. The van der Waals surface area contributed by atoms with E-state index in [1.54, 1.807) is 36.4 Å². The van der Waals surface area contributed by atoms with Gasteiger partial charge in [0.05, 0.1) is 10.0 Å². The molecule has 0 aliphatic rings. The van der Waals surface area contributed by atoms with E-state index in [1.165, 1.54) is 0 Å². The molecule has 0 saturated carbocycles. The minimum atomic E-state index is -0.217. The average molecular weight is 364 g/mol. The molecule has 1 nitrogen and oxygen atoms in total. The predicted octanol–water partition coefficient (Wildman–Crippen LogP) is 5.64. The molecular formula is C13H6BrCl3O. The molecule has 2 aromatic carbocycles. The Bertz CT molecular complexity index is 605. The zero-order chi connectivity index (χ0) is 13.3. The van der Waals surface area contributed by atoms with Gasteiger partial charge >= 0.3 is 0 Å². The largest absolute Gasteiger partial charge is 0.289 e. The Kier molecular flexibility index (Phi) is 4.33. The molecule has 0 atom stereocenters. The Morgan fingerprint density at radius 1 is 1.06 bits per heavy atom. The van der Waals surface area contributed by atoms with Gasteiger partial charge in [-0.3, -0.25) is 4.79 Å². The number of rotatable bonds is 2. The topological polar surface area (TPSA) is 17.1 Å². The third kappa shape index (κ3) is 2.89. The number of halogens is 4. The van der Waals surface area contributed by atoms with Crippen LogP contribution in [0.25, 0.3) is 0 Å². The molecule has 92 valence electrons. The molecular weight excluding hydrogens is 358 g/mol. The molecule has 0 saturated heterocycles. The Morgan fingerprint density at radius 2 is 1.78 bits per heavy atom. The van der Waals surface area contributed by atoms with Crippen molar-refractivity contribution in [3.8, 4) is 0 Å². The summed E-state index contributed by atoms with van der Waals surface area (Å²) in [5.74, 6) is -0.217. The summed E-state index contributed by atoms with van der Waals surface area (Å²) in [4.78, 5) is 12.3. The van der Waals surface area contributed by atoms with E-state index in [4.69, 9.17) is 34.8 Å². The van der Waals surface area contributed by atoms with Crippen molar-refractivity contribution in [1.29, 1.82) is 0 Å². The van der Waals surface area contributed by atoms with Crippen molar-refractivity contribution in [1.82, 2.24) is 0 Å². The molecule has 0 aliphatic heterocycles. The van der Waals surface area contributed by atoms with Gasteiger partial charge < -0.3 is 0 Å². The monoisotopic (exact) mass is 362 g/mol. The standard InChI is InChI=1S/C13H6BrCl3O/c14-8-4-7(5-9(15)6-8)13(18)10-2-1-3-11(16)12(10)17/h1-6H. The maximum atomic E-state index is 12.3. The van der Waals surface area contributed by atoms with Crippen LogP contribution in [0.4, 0.5) is 0 Å². The van der Waals surface area contributed by atoms with Gasteiger partial charge in [0.15, 0.2) is 5.78 Å². The lowest BCUT2D eigenvalue weighted by Crippen LogP contribution is -2.02. The summed E-state index contributed by atoms with van der Waals surface area (Å²) >= 11 is 21.1. The summed E-state index contributed by atoms with van der Waals surface area (Å²) in [5.41, 5.74) is 0.817. The van der Waals surface area contributed by atoms with Crippen LogP contribution in [0.5, 0.6) is 0 Å². The van der Waals surface area contributed by atoms with Crippen molar-refractivity contribution in [2.45, 2.75) is 0 Å². The lowest BCUT2D eigenvalue weighted by Gasteiger charge is -2.06. The summed E-state index contributed by atoms with van der Waals surface area (Å²) in [6.07, 6.45) is 0. The molecule has 0 aromatic heterocycles. The van der Waals surface area contributed by atoms with E-state index in [-0.39, 0.29) is 10.8 Å². The van der Waals surface area contributed by atoms with Crippen molar-refractivity contribution in [2.75, 3.05) is 0 Å². The molecule has 0 N–H and O–H groups in total. The van der Waals surface area contributed by atoms with E-state index < -0.39 is 0 Å². The molecule has 0 heterocycles. The van der Waals surface area contributed by atoms with Gasteiger partial charge in [0, 0.05) is 20.6 Å². The van der Waals surface area contributed by atoms with E-state index in [0.717, 1.165) is 4.47 Å². The molecule has 0 bridgehead atoms. The lowest BCUT2D eigenvalue weighted by molar-refractivity contribution is 0.103. The zero-order valence-corrected chi connectivity index (χ0v) is 12.7. The summed E-state index contributed by atoms with van der Waals surface area (Å²) in [5, 5.41) is 1.08. The highest BCUT2D eigenvalue weighted by molar-refractivity contribution is 9.10. The maximum Gasteiger partial charge on any atom is 0.194 e. The highest BCUT2D eigenvalue weighted by atomic mass is 79.9. The minimum Gasteiger partial charge on any atom is -0.289 e. The lowest BCUT2D eigenvalue weighted by atomic mass is 10.0. The van der Waals surface area contributed by atoms with Gasteiger partial charge in [-0.1, -0.05) is 56.8 Å². The predicted molar refractivity (Wildman–Crippen MR) is 79.0 cm³/mol. The quantitative estimate of drug-likeness (QED) is 0.630. The summed E-state index contributed by atoms with van der Waals surface area (Å²) < 4.78 is 0.733. The second kappa shape index (κ2) is 5.62. The number of hydrogen-bond donors (Lipinski definition) is 0. The summed E-state index contributed by atoms with van der Waals surface area (Å²) in [6, 6.07) is 9.93. The van der Waals surface area contributed by atoms with Crippen LogP contribution >= 0.6 is 50.7 Å². The van der Waals surface area contributed by atoms with Crippen LogP contribution in [-0.2, 0) is 0 Å². The fourth-order valence-electron chi connectivity index (χ4n) is 1.52. The van der Waals surface area contributed by atoms with Crippen LogP contribution in [-0.4, -0.2) is 5.78 Å². The van der Waals surface area contributed by atoms with Gasteiger partial charge in [0.1, 0.15) is 0 Å². The van der Waals surface area contributed by atoms with Gasteiger partial charge in [0.25, 0.3) is 0 Å². The van der Waals surface area contributed by atoms with Crippen molar-refractivity contribution in [3.05, 3.63) is 67.1 Å². The third-order valence-electron chi connectivity index (χ3n) is 2.32. The van der Waals surface area contributed by atoms with Crippen molar-refractivity contribution in [3.63, 3.8) is 0 Å². The Hall–Kier alpha value is -0.540. The second-order valence-corrected chi connectivity index (χ2v) is 5.73. The molecule has 5 heteroatoms. The molecule has 0 spiro atoms. The fraction of sp³-hybridized carbons (Fsp3) is 0. The minimum absolute atomic E-state index is 0.217. The molecule has 0 unspecified atom stereocenters. The van der Waals surface area contributed by atoms with Gasteiger partial charge in [-0.05, 0) is 30.3 Å². The van der Waals surface area contributed by atoms with Crippen LogP contribution in [0.15, 0.2) is 40.9 Å². The number of hydrogen-bond acceptors (Lipinski definition) is 1. The second-order valence-electron chi connectivity index (χ2n) is 3.59. The highest BCUT2D eigenvalue weighted by Gasteiger charge is 2.15. The van der Waals surface area contributed by atoms with Gasteiger partial charge in [0.2, 0.25) is 0 Å². The van der Waals surface area contributed by atoms with E-state index in [1.807, 2.05) is 0 Å². The van der Waals surface area contributed by atoms with E-state index >= 15 is 0 Å². The van der Waals surface area contributed by atoms with Gasteiger partial charge in [-0.25, -0.2) is 0 Å². The first kappa shape index (κ1) is 13.9. The van der Waals surface area contributed by atoms with Crippen LogP contribution in [0, 0.1) is 0 Å². The Labute approximate surface area is 128 Å². The van der Waals surface area contributed by atoms with Crippen LogP contribution in [0.2, 0.25) is 15.1 Å². The first-order valence-corrected chi connectivity index (χ1v) is 6.86. The van der Waals surface area contributed by atoms with Crippen LogP contribution < -0.4 is 0 Å². The number of carbonyl (C=O) groups is 1. The third-order valence-corrected chi connectivity index (χ3v) is 3.82. The highest BCUT2D eigenvalue weighted by Crippen LogP contribution is 2.29. The van der Waals surface area contributed by atoms with E-state index in [0.29, 0.717) is 21.2 Å². The number of benzene rings is 2. The van der Waals surface area contributed by atoms with Gasteiger partial charge in [-0.15, -0.1) is 0 Å². The molecule has 0 radical (unpaired) electrons. The molecule has 0 fully saturated rings. The van der Waals surface area contributed by atoms with Crippen LogP contribution in [0.1, 0.15) is 15.9 Å². The smallest absolute Gasteiger partial charge is 0.194 e. The molecule has 2 rings (SSSR count). The zero-order valence-electron chi connectivity index (χ0n) is 8.88. The van der Waals surface area contributed by atoms with E-state index in [9.17, 15) is 4.79 Å². The van der Waals surface area contributed by atoms with E-state index in [2.05, 4.69) is 15.9 Å². The van der Waals surface area contributed by atoms with Crippen molar-refractivity contribution >= 4 is 56.5 Å². The van der Waals surface area contributed by atoms with Crippen LogP contribution in [0.3, 0.4) is 0 Å². The first-order chi connectivity index (χ1) is 8.49. The van der Waals surface area contributed by atoms with Gasteiger partial charge in [-0.2, -0.15) is 0 Å². The van der Waals surface area contributed by atoms with Crippen molar-refractivity contribution < 1.29 is 4.79 Å².